The number of halogens is 1. The van der Waals surface area contributed by atoms with E-state index in [1.165, 1.54) is 5.56 Å². The Morgan fingerprint density at radius 3 is 2.92 bits per heavy atom. The molecule has 0 aliphatic carbocycles. The minimum atomic E-state index is -0.0171. The molecule has 12 heavy (non-hydrogen) atoms. The molecule has 0 N–H and O–H groups in total. The first-order chi connectivity index (χ1) is 5.77. The zero-order valence-corrected chi connectivity index (χ0v) is 8.47. The molecule has 1 saturated heterocycles. The van der Waals surface area contributed by atoms with Gasteiger partial charge in [-0.1, -0.05) is 6.92 Å². The van der Waals surface area contributed by atoms with E-state index in [0.29, 0.717) is 0 Å². The van der Waals surface area contributed by atoms with E-state index in [0.717, 1.165) is 17.5 Å². The average molecular weight is 228 g/mol. The van der Waals surface area contributed by atoms with Gasteiger partial charge in [0.05, 0.1) is 6.61 Å². The third-order valence-electron chi connectivity index (χ3n) is 2.29. The van der Waals surface area contributed by atoms with Gasteiger partial charge in [0.1, 0.15) is 5.60 Å². The number of epoxide rings is 1. The van der Waals surface area contributed by atoms with Crippen LogP contribution in [0.15, 0.2) is 22.9 Å². The number of pyridine rings is 1. The van der Waals surface area contributed by atoms with E-state index >= 15 is 0 Å². The van der Waals surface area contributed by atoms with E-state index in [1.807, 2.05) is 6.20 Å². The molecule has 1 aromatic heterocycles. The minimum Gasteiger partial charge on any atom is -0.364 e. The van der Waals surface area contributed by atoms with Gasteiger partial charge >= 0.3 is 0 Å². The van der Waals surface area contributed by atoms with Gasteiger partial charge < -0.3 is 4.74 Å². The lowest BCUT2D eigenvalue weighted by atomic mass is 10.00. The Bertz CT molecular complexity index is 296. The maximum atomic E-state index is 5.43. The Balaban J connectivity index is 2.34. The summed E-state index contributed by atoms with van der Waals surface area (Å²) >= 11 is 3.39. The second-order valence-electron chi connectivity index (χ2n) is 3.03. The number of hydrogen-bond acceptors (Lipinski definition) is 2. The molecule has 0 radical (unpaired) electrons. The van der Waals surface area contributed by atoms with Crippen molar-refractivity contribution in [3.8, 4) is 0 Å². The van der Waals surface area contributed by atoms with Crippen LogP contribution in [0, 0.1) is 0 Å². The zero-order valence-electron chi connectivity index (χ0n) is 6.88. The van der Waals surface area contributed by atoms with E-state index < -0.39 is 0 Å². The Hall–Kier alpha value is -0.410. The van der Waals surface area contributed by atoms with Crippen LogP contribution >= 0.6 is 15.9 Å². The van der Waals surface area contributed by atoms with Gasteiger partial charge in [-0.05, 0) is 28.4 Å². The molecule has 2 rings (SSSR count). The normalized spacial score (nSPS) is 27.2. The molecule has 1 unspecified atom stereocenters. The van der Waals surface area contributed by atoms with Crippen molar-refractivity contribution in [2.75, 3.05) is 6.61 Å². The third kappa shape index (κ3) is 1.27. The Kier molecular flexibility index (Phi) is 1.93. The first kappa shape index (κ1) is 8.20. The maximum Gasteiger partial charge on any atom is 0.118 e. The fourth-order valence-corrected chi connectivity index (χ4v) is 1.69. The first-order valence-corrected chi connectivity index (χ1v) is 4.81. The highest BCUT2D eigenvalue weighted by atomic mass is 79.9. The highest BCUT2D eigenvalue weighted by molar-refractivity contribution is 9.10. The topological polar surface area (TPSA) is 25.4 Å². The lowest BCUT2D eigenvalue weighted by molar-refractivity contribution is 0.300. The van der Waals surface area contributed by atoms with E-state index in [2.05, 4.69) is 33.9 Å². The summed E-state index contributed by atoms with van der Waals surface area (Å²) in [6.45, 7) is 2.97. The average Bonchev–Trinajstić information content (AvgIpc) is 2.84. The van der Waals surface area contributed by atoms with Gasteiger partial charge in [0, 0.05) is 22.4 Å². The second-order valence-corrected chi connectivity index (χ2v) is 3.94. The summed E-state index contributed by atoms with van der Waals surface area (Å²) in [6.07, 6.45) is 4.68. The predicted octanol–water partition coefficient (Wildman–Crippen LogP) is 2.48. The van der Waals surface area contributed by atoms with Crippen LogP contribution in [0.3, 0.4) is 0 Å². The van der Waals surface area contributed by atoms with Gasteiger partial charge in [-0.2, -0.15) is 0 Å². The Labute approximate surface area is 80.1 Å². The number of nitrogens with zero attached hydrogens (tertiary/aromatic N) is 1. The van der Waals surface area contributed by atoms with Crippen LogP contribution in [0.2, 0.25) is 0 Å². The molecular weight excluding hydrogens is 218 g/mol. The molecule has 3 heteroatoms. The van der Waals surface area contributed by atoms with E-state index in [1.54, 1.807) is 6.20 Å². The minimum absolute atomic E-state index is 0.0171. The third-order valence-corrected chi connectivity index (χ3v) is 2.73. The van der Waals surface area contributed by atoms with Crippen LogP contribution in [-0.2, 0) is 10.3 Å². The molecule has 1 aliphatic heterocycles. The van der Waals surface area contributed by atoms with Crippen molar-refractivity contribution in [2.45, 2.75) is 18.9 Å². The molecule has 0 bridgehead atoms. The molecule has 64 valence electrons. The van der Waals surface area contributed by atoms with Crippen molar-refractivity contribution in [2.24, 2.45) is 0 Å². The number of rotatable bonds is 2. The molecule has 2 nitrogen and oxygen atoms in total. The summed E-state index contributed by atoms with van der Waals surface area (Å²) < 4.78 is 6.44. The fraction of sp³-hybridized carbons (Fsp3) is 0.444. The molecule has 1 aliphatic rings. The van der Waals surface area contributed by atoms with Gasteiger partial charge in [-0.25, -0.2) is 0 Å². The van der Waals surface area contributed by atoms with Crippen LogP contribution in [0.1, 0.15) is 18.9 Å². The quantitative estimate of drug-likeness (QED) is 0.726. The highest BCUT2D eigenvalue weighted by Crippen LogP contribution is 2.41. The Morgan fingerprint density at radius 1 is 1.67 bits per heavy atom. The van der Waals surface area contributed by atoms with Crippen molar-refractivity contribution in [1.82, 2.24) is 4.98 Å². The van der Waals surface area contributed by atoms with Crippen molar-refractivity contribution in [3.05, 3.63) is 28.5 Å². The van der Waals surface area contributed by atoms with Gasteiger partial charge in [-0.15, -0.1) is 0 Å². The van der Waals surface area contributed by atoms with Crippen molar-refractivity contribution < 1.29 is 4.74 Å². The van der Waals surface area contributed by atoms with Crippen LogP contribution in [0.5, 0.6) is 0 Å². The largest absolute Gasteiger partial charge is 0.364 e. The second kappa shape index (κ2) is 2.82. The summed E-state index contributed by atoms with van der Waals surface area (Å²) in [5.74, 6) is 0. The zero-order chi connectivity index (χ0) is 8.60. The molecule has 2 heterocycles. The SMILES string of the molecule is CCC1(c2cncc(Br)c2)CO1. The van der Waals surface area contributed by atoms with Gasteiger partial charge in [0.2, 0.25) is 0 Å². The van der Waals surface area contributed by atoms with Crippen LogP contribution in [0.25, 0.3) is 0 Å². The van der Waals surface area contributed by atoms with Gasteiger partial charge in [0.25, 0.3) is 0 Å². The van der Waals surface area contributed by atoms with E-state index in [-0.39, 0.29) is 5.60 Å². The first-order valence-electron chi connectivity index (χ1n) is 4.02. The summed E-state index contributed by atoms with van der Waals surface area (Å²) in [6, 6.07) is 2.07. The van der Waals surface area contributed by atoms with E-state index in [9.17, 15) is 0 Å². The smallest absolute Gasteiger partial charge is 0.118 e. The molecule has 0 aromatic carbocycles. The lowest BCUT2D eigenvalue weighted by Crippen LogP contribution is -2.06. The molecule has 0 saturated carbocycles. The number of ether oxygens (including phenoxy) is 1. The lowest BCUT2D eigenvalue weighted by Gasteiger charge is -2.07. The highest BCUT2D eigenvalue weighted by Gasteiger charge is 2.44. The summed E-state index contributed by atoms with van der Waals surface area (Å²) in [5, 5.41) is 0. The number of aromatic nitrogens is 1. The Morgan fingerprint density at radius 2 is 2.42 bits per heavy atom. The maximum absolute atomic E-state index is 5.43. The van der Waals surface area contributed by atoms with Gasteiger partial charge in [-0.3, -0.25) is 4.98 Å². The summed E-state index contributed by atoms with van der Waals surface area (Å²) in [4.78, 5) is 4.11. The summed E-state index contributed by atoms with van der Waals surface area (Å²) in [5.41, 5.74) is 1.16. The van der Waals surface area contributed by atoms with Crippen molar-refractivity contribution >= 4 is 15.9 Å². The van der Waals surface area contributed by atoms with Crippen molar-refractivity contribution in [1.29, 1.82) is 0 Å². The van der Waals surface area contributed by atoms with Gasteiger partial charge in [0.15, 0.2) is 0 Å². The van der Waals surface area contributed by atoms with Crippen molar-refractivity contribution in [3.63, 3.8) is 0 Å². The van der Waals surface area contributed by atoms with Crippen LogP contribution in [0.4, 0.5) is 0 Å². The fourth-order valence-electron chi connectivity index (χ4n) is 1.32. The van der Waals surface area contributed by atoms with Crippen LogP contribution in [-0.4, -0.2) is 11.6 Å². The molecule has 1 aromatic rings. The molecule has 0 amide bonds. The monoisotopic (exact) mass is 227 g/mol. The summed E-state index contributed by atoms with van der Waals surface area (Å²) in [7, 11) is 0. The van der Waals surface area contributed by atoms with E-state index in [4.69, 9.17) is 4.74 Å². The predicted molar refractivity (Wildman–Crippen MR) is 49.9 cm³/mol. The standard InChI is InChI=1S/C9H10BrNO/c1-2-9(6-12-9)7-3-8(10)5-11-4-7/h3-5H,2,6H2,1H3. The van der Waals surface area contributed by atoms with Crippen LogP contribution < -0.4 is 0 Å². The molecular formula is C9H10BrNO. The molecule has 1 fully saturated rings. The molecule has 1 atom stereocenters. The molecule has 0 spiro atoms. The number of hydrogen-bond donors (Lipinski definition) is 0.